The Kier molecular flexibility index (Phi) is 6.86. The molecule has 0 heterocycles. The lowest BCUT2D eigenvalue weighted by atomic mass is 10.1. The lowest BCUT2D eigenvalue weighted by molar-refractivity contribution is -0.139. The van der Waals surface area contributed by atoms with Crippen LogP contribution in [0.2, 0.25) is 5.02 Å². The fraction of sp³-hybridized carbons (Fsp3) is 0.263. The zero-order chi connectivity index (χ0) is 19.1. The smallest absolute Gasteiger partial charge is 0.341 e. The summed E-state index contributed by atoms with van der Waals surface area (Å²) in [4.78, 5) is 24.9. The van der Waals surface area contributed by atoms with Gasteiger partial charge in [0.05, 0.1) is 12.2 Å². The summed E-state index contributed by atoms with van der Waals surface area (Å²) in [5.74, 6) is -0.430. The number of hydrogen-bond donors (Lipinski definition) is 1. The van der Waals surface area contributed by atoms with E-state index in [1.54, 1.807) is 49.5 Å². The highest BCUT2D eigenvalue weighted by Crippen LogP contribution is 2.27. The molecule has 6 nitrogen and oxygen atoms in total. The molecular formula is C19H20ClNO5. The van der Waals surface area contributed by atoms with Crippen molar-refractivity contribution in [2.24, 2.45) is 0 Å². The van der Waals surface area contributed by atoms with Gasteiger partial charge in [0, 0.05) is 17.8 Å². The van der Waals surface area contributed by atoms with E-state index in [2.05, 4.69) is 0 Å². The van der Waals surface area contributed by atoms with E-state index in [0.717, 1.165) is 6.42 Å². The Morgan fingerprint density at radius 3 is 2.42 bits per heavy atom. The standard InChI is InChI=1S/C19H20ClNO5/c1-3-10-25-17-9-4-13(20)11-16(17)19(24)21(2)14-5-7-15(8-6-14)26-12-18(22)23/h4-9,11H,3,10,12H2,1-2H3,(H,22,23). The molecule has 2 aromatic rings. The highest BCUT2D eigenvalue weighted by atomic mass is 35.5. The van der Waals surface area contributed by atoms with Crippen LogP contribution in [0.5, 0.6) is 11.5 Å². The van der Waals surface area contributed by atoms with Gasteiger partial charge in [-0.2, -0.15) is 0 Å². The molecule has 1 amide bonds. The molecule has 2 rings (SSSR count). The third kappa shape index (κ3) is 5.13. The number of rotatable bonds is 8. The van der Waals surface area contributed by atoms with Crippen LogP contribution in [0.4, 0.5) is 5.69 Å². The van der Waals surface area contributed by atoms with Crippen molar-refractivity contribution in [1.82, 2.24) is 0 Å². The van der Waals surface area contributed by atoms with Crippen LogP contribution in [-0.2, 0) is 4.79 Å². The molecule has 0 aliphatic heterocycles. The Labute approximate surface area is 156 Å². The second kappa shape index (κ2) is 9.10. The summed E-state index contributed by atoms with van der Waals surface area (Å²) in [5.41, 5.74) is 0.999. The number of aliphatic carboxylic acids is 1. The maximum Gasteiger partial charge on any atom is 0.341 e. The van der Waals surface area contributed by atoms with E-state index in [0.29, 0.717) is 34.4 Å². The Morgan fingerprint density at radius 1 is 1.12 bits per heavy atom. The van der Waals surface area contributed by atoms with Gasteiger partial charge in [0.15, 0.2) is 6.61 Å². The van der Waals surface area contributed by atoms with Gasteiger partial charge in [0.1, 0.15) is 11.5 Å². The van der Waals surface area contributed by atoms with Gasteiger partial charge >= 0.3 is 5.97 Å². The van der Waals surface area contributed by atoms with E-state index in [-0.39, 0.29) is 5.91 Å². The van der Waals surface area contributed by atoms with Gasteiger partial charge < -0.3 is 19.5 Å². The van der Waals surface area contributed by atoms with Crippen LogP contribution in [0.3, 0.4) is 0 Å². The molecule has 1 N–H and O–H groups in total. The summed E-state index contributed by atoms with van der Waals surface area (Å²) in [6, 6.07) is 11.5. The first-order chi connectivity index (χ1) is 12.4. The van der Waals surface area contributed by atoms with Gasteiger partial charge in [-0.05, 0) is 48.9 Å². The number of ether oxygens (including phenoxy) is 2. The number of hydrogen-bond acceptors (Lipinski definition) is 4. The van der Waals surface area contributed by atoms with Crippen molar-refractivity contribution in [3.8, 4) is 11.5 Å². The number of benzene rings is 2. The highest BCUT2D eigenvalue weighted by Gasteiger charge is 2.19. The number of carboxylic acid groups (broad SMARTS) is 1. The molecule has 7 heteroatoms. The van der Waals surface area contributed by atoms with Gasteiger partial charge in [0.25, 0.3) is 5.91 Å². The summed E-state index contributed by atoms with van der Waals surface area (Å²) in [6.45, 7) is 2.06. The van der Waals surface area contributed by atoms with Crippen molar-refractivity contribution in [2.45, 2.75) is 13.3 Å². The average Bonchev–Trinajstić information content (AvgIpc) is 2.64. The van der Waals surface area contributed by atoms with Gasteiger partial charge in [-0.1, -0.05) is 18.5 Å². The zero-order valence-corrected chi connectivity index (χ0v) is 15.3. The molecular weight excluding hydrogens is 358 g/mol. The van der Waals surface area contributed by atoms with E-state index in [4.69, 9.17) is 26.2 Å². The number of halogens is 1. The first-order valence-corrected chi connectivity index (χ1v) is 8.45. The zero-order valence-electron chi connectivity index (χ0n) is 14.6. The maximum atomic E-state index is 12.9. The topological polar surface area (TPSA) is 76.1 Å². The van der Waals surface area contributed by atoms with Crippen LogP contribution in [0.1, 0.15) is 23.7 Å². The molecule has 0 aliphatic rings. The lowest BCUT2D eigenvalue weighted by Crippen LogP contribution is -2.26. The predicted octanol–water partition coefficient (Wildman–Crippen LogP) is 3.87. The molecule has 2 aromatic carbocycles. The fourth-order valence-corrected chi connectivity index (χ4v) is 2.39. The normalized spacial score (nSPS) is 10.3. The third-order valence-corrected chi connectivity index (χ3v) is 3.76. The Hall–Kier alpha value is -2.73. The summed E-state index contributed by atoms with van der Waals surface area (Å²) < 4.78 is 10.7. The molecule has 0 spiro atoms. The molecule has 0 saturated carbocycles. The first kappa shape index (κ1) is 19.6. The average molecular weight is 378 g/mol. The summed E-state index contributed by atoms with van der Waals surface area (Å²) in [6.07, 6.45) is 0.823. The van der Waals surface area contributed by atoms with E-state index in [9.17, 15) is 9.59 Å². The van der Waals surface area contributed by atoms with E-state index < -0.39 is 12.6 Å². The Balaban J connectivity index is 2.18. The number of carbonyl (C=O) groups excluding carboxylic acids is 1. The summed E-state index contributed by atoms with van der Waals surface area (Å²) >= 11 is 6.04. The van der Waals surface area contributed by atoms with Crippen LogP contribution in [-0.4, -0.2) is 37.2 Å². The minimum absolute atomic E-state index is 0.266. The summed E-state index contributed by atoms with van der Waals surface area (Å²) in [5, 5.41) is 9.07. The number of carboxylic acids is 1. The van der Waals surface area contributed by atoms with Crippen LogP contribution in [0, 0.1) is 0 Å². The number of nitrogens with zero attached hydrogens (tertiary/aromatic N) is 1. The SMILES string of the molecule is CCCOc1ccc(Cl)cc1C(=O)N(C)c1ccc(OCC(=O)O)cc1. The molecule has 0 aromatic heterocycles. The number of amides is 1. The van der Waals surface area contributed by atoms with E-state index >= 15 is 0 Å². The van der Waals surface area contributed by atoms with Crippen molar-refractivity contribution in [1.29, 1.82) is 0 Å². The lowest BCUT2D eigenvalue weighted by Gasteiger charge is -2.20. The molecule has 26 heavy (non-hydrogen) atoms. The third-order valence-electron chi connectivity index (χ3n) is 3.52. The van der Waals surface area contributed by atoms with Gasteiger partial charge in [-0.25, -0.2) is 4.79 Å². The maximum absolute atomic E-state index is 12.9. The molecule has 138 valence electrons. The number of anilines is 1. The number of carbonyl (C=O) groups is 2. The van der Waals surface area contributed by atoms with Crippen molar-refractivity contribution >= 4 is 29.2 Å². The molecule has 0 aliphatic carbocycles. The molecule has 0 fully saturated rings. The molecule has 0 radical (unpaired) electrons. The van der Waals surface area contributed by atoms with Gasteiger partial charge in [-0.3, -0.25) is 4.79 Å². The highest BCUT2D eigenvalue weighted by molar-refractivity contribution is 6.31. The quantitative estimate of drug-likeness (QED) is 0.755. The van der Waals surface area contributed by atoms with Crippen LogP contribution in [0.25, 0.3) is 0 Å². The predicted molar refractivity (Wildman–Crippen MR) is 99.5 cm³/mol. The molecule has 0 saturated heterocycles. The molecule has 0 atom stereocenters. The van der Waals surface area contributed by atoms with Crippen molar-refractivity contribution < 1.29 is 24.2 Å². The minimum atomic E-state index is -1.05. The largest absolute Gasteiger partial charge is 0.493 e. The van der Waals surface area contributed by atoms with Crippen LogP contribution >= 0.6 is 11.6 Å². The van der Waals surface area contributed by atoms with Gasteiger partial charge in [-0.15, -0.1) is 0 Å². The summed E-state index contributed by atoms with van der Waals surface area (Å²) in [7, 11) is 1.64. The van der Waals surface area contributed by atoms with Crippen molar-refractivity contribution in [3.05, 3.63) is 53.1 Å². The molecule has 0 bridgehead atoms. The molecule has 0 unspecified atom stereocenters. The van der Waals surface area contributed by atoms with E-state index in [1.165, 1.54) is 4.90 Å². The Morgan fingerprint density at radius 2 is 1.81 bits per heavy atom. The second-order valence-electron chi connectivity index (χ2n) is 5.53. The minimum Gasteiger partial charge on any atom is -0.493 e. The van der Waals surface area contributed by atoms with Crippen LogP contribution < -0.4 is 14.4 Å². The van der Waals surface area contributed by atoms with Crippen molar-refractivity contribution in [3.63, 3.8) is 0 Å². The van der Waals surface area contributed by atoms with Crippen LogP contribution in [0.15, 0.2) is 42.5 Å². The van der Waals surface area contributed by atoms with Crippen molar-refractivity contribution in [2.75, 3.05) is 25.2 Å². The monoisotopic (exact) mass is 377 g/mol. The van der Waals surface area contributed by atoms with Gasteiger partial charge in [0.2, 0.25) is 0 Å². The fourth-order valence-electron chi connectivity index (χ4n) is 2.22. The first-order valence-electron chi connectivity index (χ1n) is 8.07. The van der Waals surface area contributed by atoms with E-state index in [1.807, 2.05) is 6.92 Å². The second-order valence-corrected chi connectivity index (χ2v) is 5.97. The Bertz CT molecular complexity index is 776.